The van der Waals surface area contributed by atoms with Crippen molar-refractivity contribution in [2.75, 3.05) is 38.3 Å². The molecule has 3 aromatic rings. The Hall–Kier alpha value is -3.49. The second-order valence-corrected chi connectivity index (χ2v) is 9.99. The fraction of sp³-hybridized carbons (Fsp3) is 0.231. The van der Waals surface area contributed by atoms with Crippen molar-refractivity contribution in [1.82, 2.24) is 4.90 Å². The average Bonchev–Trinajstić information content (AvgIpc) is 2.82. The fourth-order valence-corrected chi connectivity index (χ4v) is 4.02. The molecule has 0 fully saturated rings. The van der Waals surface area contributed by atoms with Crippen LogP contribution < -0.4 is 10.1 Å². The summed E-state index contributed by atoms with van der Waals surface area (Å²) < 4.78 is 28.9. The highest BCUT2D eigenvalue weighted by molar-refractivity contribution is 7.90. The van der Waals surface area contributed by atoms with Crippen LogP contribution >= 0.6 is 0 Å². The predicted molar refractivity (Wildman–Crippen MR) is 132 cm³/mol. The first-order chi connectivity index (χ1) is 16.2. The molecule has 3 rings (SSSR count). The van der Waals surface area contributed by atoms with Crippen LogP contribution in [0.1, 0.15) is 22.3 Å². The normalized spacial score (nSPS) is 11.3. The van der Waals surface area contributed by atoms with Crippen molar-refractivity contribution in [3.8, 4) is 5.75 Å². The number of nitrogens with zero attached hydrogens (tertiary/aromatic N) is 1. The lowest BCUT2D eigenvalue weighted by Gasteiger charge is -2.17. The van der Waals surface area contributed by atoms with E-state index in [9.17, 15) is 18.0 Å². The van der Waals surface area contributed by atoms with Gasteiger partial charge >= 0.3 is 0 Å². The molecule has 0 bridgehead atoms. The van der Waals surface area contributed by atoms with Gasteiger partial charge in [-0.25, -0.2) is 8.42 Å². The minimum Gasteiger partial charge on any atom is -0.494 e. The third-order valence-corrected chi connectivity index (χ3v) is 6.19. The summed E-state index contributed by atoms with van der Waals surface area (Å²) >= 11 is 0. The van der Waals surface area contributed by atoms with Crippen molar-refractivity contribution in [2.45, 2.75) is 11.3 Å². The number of nitrogens with one attached hydrogen (secondary N) is 1. The van der Waals surface area contributed by atoms with E-state index in [2.05, 4.69) is 5.32 Å². The van der Waals surface area contributed by atoms with Gasteiger partial charge < -0.3 is 10.1 Å². The number of ether oxygens (including phenoxy) is 1. The topological polar surface area (TPSA) is 92.8 Å². The molecule has 8 heteroatoms. The van der Waals surface area contributed by atoms with Crippen LogP contribution in [0.25, 0.3) is 0 Å². The van der Waals surface area contributed by atoms with Crippen molar-refractivity contribution in [3.05, 3.63) is 90.0 Å². The summed E-state index contributed by atoms with van der Waals surface area (Å²) in [5.41, 5.74) is 1.47. The Morgan fingerprint density at radius 1 is 0.941 bits per heavy atom. The summed E-state index contributed by atoms with van der Waals surface area (Å²) in [4.78, 5) is 27.5. The Kier molecular flexibility index (Phi) is 8.56. The summed E-state index contributed by atoms with van der Waals surface area (Å²) in [7, 11) is -1.46. The minimum atomic E-state index is -3.29. The number of hydrogen-bond donors (Lipinski definition) is 1. The number of likely N-dealkylation sites (N-methyl/N-ethyl adjacent to an activating group) is 1. The Bertz CT molecular complexity index is 1240. The quantitative estimate of drug-likeness (QED) is 0.333. The van der Waals surface area contributed by atoms with E-state index < -0.39 is 9.84 Å². The number of anilines is 1. The number of para-hydroxylation sites is 1. The molecule has 0 aliphatic rings. The zero-order valence-electron chi connectivity index (χ0n) is 19.2. The molecule has 178 valence electrons. The third-order valence-electron chi connectivity index (χ3n) is 5.08. The highest BCUT2D eigenvalue weighted by Gasteiger charge is 2.15. The molecule has 0 heterocycles. The molecule has 0 atom stereocenters. The first-order valence-corrected chi connectivity index (χ1v) is 12.7. The number of carbonyl (C=O) groups is 2. The second kappa shape index (κ2) is 11.6. The molecule has 0 unspecified atom stereocenters. The number of carbonyl (C=O) groups excluding carboxylic acids is 2. The van der Waals surface area contributed by atoms with Crippen molar-refractivity contribution >= 4 is 27.2 Å². The van der Waals surface area contributed by atoms with E-state index >= 15 is 0 Å². The van der Waals surface area contributed by atoms with E-state index in [4.69, 9.17) is 4.74 Å². The maximum absolute atomic E-state index is 12.8. The number of rotatable bonds is 11. The van der Waals surface area contributed by atoms with Crippen LogP contribution in [0, 0.1) is 0 Å². The Morgan fingerprint density at radius 3 is 2.38 bits per heavy atom. The van der Waals surface area contributed by atoms with E-state index in [0.29, 0.717) is 42.1 Å². The zero-order valence-corrected chi connectivity index (χ0v) is 20.0. The monoisotopic (exact) mass is 480 g/mol. The van der Waals surface area contributed by atoms with Gasteiger partial charge in [-0.1, -0.05) is 48.5 Å². The molecule has 0 aromatic heterocycles. The largest absolute Gasteiger partial charge is 0.494 e. The van der Waals surface area contributed by atoms with Crippen LogP contribution in [-0.4, -0.2) is 58.0 Å². The van der Waals surface area contributed by atoms with Crippen LogP contribution in [0.15, 0.2) is 83.8 Å². The summed E-state index contributed by atoms with van der Waals surface area (Å²) in [6.07, 6.45) is 1.80. The van der Waals surface area contributed by atoms with E-state index in [1.165, 1.54) is 12.1 Å². The Morgan fingerprint density at radius 2 is 1.65 bits per heavy atom. The maximum Gasteiger partial charge on any atom is 0.238 e. The minimum absolute atomic E-state index is 0.150. The molecule has 34 heavy (non-hydrogen) atoms. The lowest BCUT2D eigenvalue weighted by molar-refractivity contribution is -0.117. The lowest BCUT2D eigenvalue weighted by Crippen LogP contribution is -2.31. The van der Waals surface area contributed by atoms with Crippen molar-refractivity contribution < 1.29 is 22.7 Å². The van der Waals surface area contributed by atoms with E-state index in [1.54, 1.807) is 60.7 Å². The standard InChI is InChI=1S/C26H28N2O5S/c1-28(16-9-17-33-21-12-8-13-22(18-21)34(2,31)32)19-25(29)27-24-15-7-6-14-23(24)26(30)20-10-4-3-5-11-20/h3-8,10-15,18H,9,16-17,19H2,1-2H3,(H,27,29). The van der Waals surface area contributed by atoms with E-state index in [1.807, 2.05) is 18.0 Å². The summed E-state index contributed by atoms with van der Waals surface area (Å²) in [5, 5.41) is 2.84. The SMILES string of the molecule is CN(CCCOc1cccc(S(C)(=O)=O)c1)CC(=O)Nc1ccccc1C(=O)c1ccccc1. The van der Waals surface area contributed by atoms with Gasteiger partial charge in [-0.05, 0) is 43.8 Å². The van der Waals surface area contributed by atoms with Crippen molar-refractivity contribution in [1.29, 1.82) is 0 Å². The van der Waals surface area contributed by atoms with Crippen molar-refractivity contribution in [2.24, 2.45) is 0 Å². The average molecular weight is 481 g/mol. The lowest BCUT2D eigenvalue weighted by atomic mass is 10.0. The number of sulfone groups is 1. The van der Waals surface area contributed by atoms with E-state index in [0.717, 1.165) is 6.26 Å². The highest BCUT2D eigenvalue weighted by Crippen LogP contribution is 2.20. The Balaban J connectivity index is 1.48. The van der Waals surface area contributed by atoms with Crippen LogP contribution in [0.4, 0.5) is 5.69 Å². The smallest absolute Gasteiger partial charge is 0.238 e. The van der Waals surface area contributed by atoms with Crippen LogP contribution in [-0.2, 0) is 14.6 Å². The van der Waals surface area contributed by atoms with Gasteiger partial charge in [0.15, 0.2) is 15.6 Å². The van der Waals surface area contributed by atoms with Gasteiger partial charge in [-0.2, -0.15) is 0 Å². The van der Waals surface area contributed by atoms with Gasteiger partial charge in [-0.15, -0.1) is 0 Å². The second-order valence-electron chi connectivity index (χ2n) is 7.98. The molecule has 0 saturated carbocycles. The molecule has 0 spiro atoms. The molecule has 1 N–H and O–H groups in total. The van der Waals surface area contributed by atoms with Gasteiger partial charge in [0.1, 0.15) is 5.75 Å². The van der Waals surface area contributed by atoms with Crippen LogP contribution in [0.5, 0.6) is 5.75 Å². The van der Waals surface area contributed by atoms with E-state index in [-0.39, 0.29) is 23.1 Å². The molecule has 1 amide bonds. The molecule has 0 aliphatic heterocycles. The summed E-state index contributed by atoms with van der Waals surface area (Å²) in [6, 6.07) is 22.3. The maximum atomic E-state index is 12.8. The van der Waals surface area contributed by atoms with Crippen LogP contribution in [0.3, 0.4) is 0 Å². The van der Waals surface area contributed by atoms with Gasteiger partial charge in [-0.3, -0.25) is 14.5 Å². The summed E-state index contributed by atoms with van der Waals surface area (Å²) in [6.45, 7) is 1.13. The number of hydrogen-bond acceptors (Lipinski definition) is 6. The third kappa shape index (κ3) is 7.26. The molecule has 0 saturated heterocycles. The molecule has 0 aliphatic carbocycles. The number of amides is 1. The fourth-order valence-electron chi connectivity index (χ4n) is 3.37. The molecule has 3 aromatic carbocycles. The number of ketones is 1. The zero-order chi connectivity index (χ0) is 24.6. The van der Waals surface area contributed by atoms with Gasteiger partial charge in [0, 0.05) is 23.9 Å². The van der Waals surface area contributed by atoms with Gasteiger partial charge in [0.2, 0.25) is 5.91 Å². The number of benzene rings is 3. The van der Waals surface area contributed by atoms with Gasteiger partial charge in [0.05, 0.1) is 23.7 Å². The molecule has 0 radical (unpaired) electrons. The highest BCUT2D eigenvalue weighted by atomic mass is 32.2. The molecular weight excluding hydrogens is 452 g/mol. The first kappa shape index (κ1) is 25.1. The van der Waals surface area contributed by atoms with Gasteiger partial charge in [0.25, 0.3) is 0 Å². The first-order valence-electron chi connectivity index (χ1n) is 10.8. The predicted octanol–water partition coefficient (Wildman–Crippen LogP) is 3.66. The van der Waals surface area contributed by atoms with Crippen LogP contribution in [0.2, 0.25) is 0 Å². The Labute approximate surface area is 200 Å². The molecular formula is C26H28N2O5S. The summed E-state index contributed by atoms with van der Waals surface area (Å²) in [5.74, 6) is 0.113. The van der Waals surface area contributed by atoms with Crippen molar-refractivity contribution in [3.63, 3.8) is 0 Å². The molecule has 7 nitrogen and oxygen atoms in total.